The predicted molar refractivity (Wildman–Crippen MR) is 131 cm³/mol. The first-order chi connectivity index (χ1) is 18.0. The number of fused-ring (bicyclic) bond motifs is 7. The topological polar surface area (TPSA) is 132 Å². The molecule has 0 aromatic heterocycles. The molecule has 3 heterocycles. The Bertz CT molecular complexity index is 1060. The zero-order valence-corrected chi connectivity index (χ0v) is 22.2. The lowest BCUT2D eigenvalue weighted by Crippen LogP contribution is -2.71. The van der Waals surface area contributed by atoms with Gasteiger partial charge in [0, 0.05) is 23.3 Å². The SMILES string of the molecule is C[C@@H]1C[C@@H](O)[C@]2(O)O[C@@H]3C[C@@]4(C=O)[C@@H](CC[C@@H]5[C@@H]4CC[C@]4(C)[C@H](C6=CC(=O)OC6)CC[C@]54O)C[C@H]3O[C@H]2O1. The summed E-state index contributed by atoms with van der Waals surface area (Å²) in [7, 11) is 0. The van der Waals surface area contributed by atoms with Crippen molar-refractivity contribution >= 4 is 12.3 Å². The summed E-state index contributed by atoms with van der Waals surface area (Å²) in [6, 6.07) is 0. The minimum absolute atomic E-state index is 0.00418. The Hall–Kier alpha value is -1.36. The Morgan fingerprint density at radius 1 is 1.03 bits per heavy atom. The highest BCUT2D eigenvalue weighted by atomic mass is 16.8. The van der Waals surface area contributed by atoms with E-state index in [4.69, 9.17) is 18.9 Å². The van der Waals surface area contributed by atoms with Crippen molar-refractivity contribution in [3.8, 4) is 0 Å². The molecule has 7 rings (SSSR count). The van der Waals surface area contributed by atoms with E-state index in [9.17, 15) is 24.9 Å². The fraction of sp³-hybridized carbons (Fsp3) is 0.862. The van der Waals surface area contributed by atoms with E-state index in [2.05, 4.69) is 6.92 Å². The van der Waals surface area contributed by atoms with Gasteiger partial charge in [-0.1, -0.05) is 6.92 Å². The number of hydrogen-bond acceptors (Lipinski definition) is 9. The fourth-order valence-corrected chi connectivity index (χ4v) is 10.2. The maximum absolute atomic E-state index is 13.1. The molecule has 13 atom stereocenters. The van der Waals surface area contributed by atoms with Gasteiger partial charge in [0.15, 0.2) is 0 Å². The summed E-state index contributed by atoms with van der Waals surface area (Å²) in [4.78, 5) is 24.9. The van der Waals surface area contributed by atoms with E-state index in [0.29, 0.717) is 25.9 Å². The maximum atomic E-state index is 13.1. The summed E-state index contributed by atoms with van der Waals surface area (Å²) in [5.41, 5.74) is -1.01. The molecular formula is C29H40O9. The van der Waals surface area contributed by atoms with Crippen LogP contribution in [0.4, 0.5) is 0 Å². The second-order valence-electron chi connectivity index (χ2n) is 13.6. The van der Waals surface area contributed by atoms with Crippen LogP contribution >= 0.6 is 0 Å². The lowest BCUT2D eigenvalue weighted by Gasteiger charge is -2.64. The summed E-state index contributed by atoms with van der Waals surface area (Å²) < 4.78 is 23.5. The molecule has 7 aliphatic rings. The van der Waals surface area contributed by atoms with Crippen molar-refractivity contribution in [2.24, 2.45) is 34.5 Å². The standard InChI is InChI=1S/C29H40O9/c1-15-9-23(31)29(34)25(36-15)37-21-11-17-3-4-20-19(27(17,14-30)12-22(21)38-29)5-7-26(2)18(6-8-28(20,26)33)16-10-24(32)35-13-16/h10,14-15,17-23,25,31,33-34H,3-9,11-13H2,1-2H3/t15-,17+,18+,19+,20-,21-,22-,23-,25-,26-,27-,28+,29+/m1/s1. The fourth-order valence-electron chi connectivity index (χ4n) is 10.2. The molecule has 0 aromatic carbocycles. The number of aldehydes is 1. The summed E-state index contributed by atoms with van der Waals surface area (Å²) in [5, 5.41) is 34.4. The number of ether oxygens (including phenoxy) is 4. The van der Waals surface area contributed by atoms with Crippen LogP contribution in [0.1, 0.15) is 71.6 Å². The van der Waals surface area contributed by atoms with Crippen molar-refractivity contribution in [2.75, 3.05) is 6.61 Å². The van der Waals surface area contributed by atoms with Crippen molar-refractivity contribution in [3.05, 3.63) is 11.6 Å². The molecule has 0 amide bonds. The number of aliphatic hydroxyl groups excluding tert-OH is 1. The van der Waals surface area contributed by atoms with Gasteiger partial charge in [-0.15, -0.1) is 0 Å². The van der Waals surface area contributed by atoms with E-state index in [-0.39, 0.29) is 53.7 Å². The Kier molecular flexibility index (Phi) is 5.61. The molecule has 0 bridgehead atoms. The molecule has 38 heavy (non-hydrogen) atoms. The predicted octanol–water partition coefficient (Wildman–Crippen LogP) is 2.00. The van der Waals surface area contributed by atoms with Crippen LogP contribution in [0, 0.1) is 34.5 Å². The Balaban J connectivity index is 1.18. The first-order valence-corrected chi connectivity index (χ1v) is 14.5. The van der Waals surface area contributed by atoms with Crippen LogP contribution < -0.4 is 0 Å². The highest BCUT2D eigenvalue weighted by Gasteiger charge is 2.70. The highest BCUT2D eigenvalue weighted by Crippen LogP contribution is 2.70. The van der Waals surface area contributed by atoms with Gasteiger partial charge < -0.3 is 39.1 Å². The zero-order valence-electron chi connectivity index (χ0n) is 22.2. The van der Waals surface area contributed by atoms with Gasteiger partial charge in [0.2, 0.25) is 12.1 Å². The van der Waals surface area contributed by atoms with E-state index < -0.39 is 35.3 Å². The van der Waals surface area contributed by atoms with Gasteiger partial charge in [0.25, 0.3) is 0 Å². The second-order valence-corrected chi connectivity index (χ2v) is 13.6. The second kappa shape index (κ2) is 8.33. The summed E-state index contributed by atoms with van der Waals surface area (Å²) >= 11 is 0. The van der Waals surface area contributed by atoms with Gasteiger partial charge in [-0.25, -0.2) is 4.79 Å². The van der Waals surface area contributed by atoms with Crippen molar-refractivity contribution in [2.45, 2.75) is 114 Å². The largest absolute Gasteiger partial charge is 0.458 e. The smallest absolute Gasteiger partial charge is 0.331 e. The highest BCUT2D eigenvalue weighted by molar-refractivity contribution is 5.85. The molecular weight excluding hydrogens is 492 g/mol. The van der Waals surface area contributed by atoms with Crippen LogP contribution in [0.5, 0.6) is 0 Å². The van der Waals surface area contributed by atoms with Gasteiger partial charge >= 0.3 is 5.97 Å². The number of carbonyl (C=O) groups is 2. The van der Waals surface area contributed by atoms with Gasteiger partial charge in [-0.2, -0.15) is 0 Å². The number of rotatable bonds is 2. The van der Waals surface area contributed by atoms with Crippen molar-refractivity contribution < 1.29 is 43.9 Å². The van der Waals surface area contributed by atoms with Gasteiger partial charge in [-0.3, -0.25) is 0 Å². The molecule has 3 aliphatic heterocycles. The summed E-state index contributed by atoms with van der Waals surface area (Å²) in [6.45, 7) is 4.31. The molecule has 4 aliphatic carbocycles. The monoisotopic (exact) mass is 532 g/mol. The Morgan fingerprint density at radius 3 is 2.58 bits per heavy atom. The van der Waals surface area contributed by atoms with Crippen molar-refractivity contribution in [1.82, 2.24) is 0 Å². The van der Waals surface area contributed by atoms with Gasteiger partial charge in [0.1, 0.15) is 19.0 Å². The first-order valence-electron chi connectivity index (χ1n) is 14.5. The lowest BCUT2D eigenvalue weighted by atomic mass is 9.42. The van der Waals surface area contributed by atoms with Gasteiger partial charge in [-0.05, 0) is 87.5 Å². The molecule has 9 nitrogen and oxygen atoms in total. The number of cyclic esters (lactones) is 1. The van der Waals surface area contributed by atoms with Crippen LogP contribution in [0.15, 0.2) is 11.6 Å². The first kappa shape index (κ1) is 25.6. The third-order valence-electron chi connectivity index (χ3n) is 12.1. The Labute approximate surface area is 222 Å². The van der Waals surface area contributed by atoms with Crippen LogP contribution in [0.2, 0.25) is 0 Å². The molecule has 2 saturated heterocycles. The van der Waals surface area contributed by atoms with E-state index in [1.54, 1.807) is 6.08 Å². The van der Waals surface area contributed by atoms with E-state index in [0.717, 1.165) is 44.0 Å². The summed E-state index contributed by atoms with van der Waals surface area (Å²) in [5.74, 6) is -2.11. The minimum atomic E-state index is -1.96. The van der Waals surface area contributed by atoms with E-state index >= 15 is 0 Å². The number of esters is 1. The van der Waals surface area contributed by atoms with E-state index in [1.807, 2.05) is 6.92 Å². The van der Waals surface area contributed by atoms with Crippen molar-refractivity contribution in [3.63, 3.8) is 0 Å². The normalized spacial score (nSPS) is 57.4. The van der Waals surface area contributed by atoms with Gasteiger partial charge in [0.05, 0.1) is 23.9 Å². The van der Waals surface area contributed by atoms with E-state index in [1.165, 1.54) is 0 Å². The minimum Gasteiger partial charge on any atom is -0.458 e. The van der Waals surface area contributed by atoms with Crippen LogP contribution in [-0.2, 0) is 28.5 Å². The summed E-state index contributed by atoms with van der Waals surface area (Å²) in [6.07, 6.45) is 5.34. The zero-order chi connectivity index (χ0) is 26.7. The lowest BCUT2D eigenvalue weighted by molar-refractivity contribution is -0.457. The number of aliphatic hydroxyl groups is 3. The maximum Gasteiger partial charge on any atom is 0.331 e. The van der Waals surface area contributed by atoms with Crippen LogP contribution in [0.3, 0.4) is 0 Å². The quantitative estimate of drug-likeness (QED) is 0.278. The molecule has 0 radical (unpaired) electrons. The molecule has 0 unspecified atom stereocenters. The molecule has 4 saturated carbocycles. The molecule has 0 spiro atoms. The van der Waals surface area contributed by atoms with Crippen LogP contribution in [0.25, 0.3) is 0 Å². The van der Waals surface area contributed by atoms with Crippen molar-refractivity contribution in [1.29, 1.82) is 0 Å². The molecule has 210 valence electrons. The van der Waals surface area contributed by atoms with Crippen LogP contribution in [-0.4, -0.2) is 76.3 Å². The molecule has 3 N–H and O–H groups in total. The average molecular weight is 533 g/mol. The number of carbonyl (C=O) groups excluding carboxylic acids is 2. The molecule has 6 fully saturated rings. The molecule has 0 aromatic rings. The molecule has 9 heteroatoms. The third-order valence-corrected chi connectivity index (χ3v) is 12.1. The third kappa shape index (κ3) is 3.20. The number of hydrogen-bond donors (Lipinski definition) is 3. The Morgan fingerprint density at radius 2 is 1.84 bits per heavy atom. The average Bonchev–Trinajstić information content (AvgIpc) is 3.42.